The minimum absolute atomic E-state index is 0.689. The predicted molar refractivity (Wildman–Crippen MR) is 72.4 cm³/mol. The van der Waals surface area contributed by atoms with E-state index in [2.05, 4.69) is 37.4 Å². The minimum Gasteiger partial charge on any atom is -0.316 e. The van der Waals surface area contributed by atoms with Crippen LogP contribution in [0.3, 0.4) is 0 Å². The zero-order valence-electron chi connectivity index (χ0n) is 11.1. The summed E-state index contributed by atoms with van der Waals surface area (Å²) in [7, 11) is 0. The summed E-state index contributed by atoms with van der Waals surface area (Å²) in [6.07, 6.45) is 5.65. The average Bonchev–Trinajstić information content (AvgIpc) is 2.31. The average molecular weight is 229 g/mol. The van der Waals surface area contributed by atoms with Crippen molar-refractivity contribution in [2.24, 2.45) is 5.41 Å². The summed E-state index contributed by atoms with van der Waals surface area (Å²) in [5, 5.41) is 3.45. The van der Waals surface area contributed by atoms with E-state index in [4.69, 9.17) is 0 Å². The van der Waals surface area contributed by atoms with Crippen LogP contribution < -0.4 is 5.32 Å². The van der Waals surface area contributed by atoms with Gasteiger partial charge in [-0.15, -0.1) is 0 Å². The number of hydrogen-bond donors (Lipinski definition) is 1. The van der Waals surface area contributed by atoms with Crippen molar-refractivity contribution in [1.82, 2.24) is 5.32 Å². The molecule has 1 saturated carbocycles. The van der Waals surface area contributed by atoms with Gasteiger partial charge in [-0.1, -0.05) is 23.8 Å². The molecule has 0 aromatic heterocycles. The van der Waals surface area contributed by atoms with Gasteiger partial charge in [0.2, 0.25) is 0 Å². The third-order valence-corrected chi connectivity index (χ3v) is 4.92. The summed E-state index contributed by atoms with van der Waals surface area (Å²) in [6, 6.07) is 6.94. The number of aryl methyl sites for hydroxylation is 2. The number of rotatable bonds is 1. The van der Waals surface area contributed by atoms with E-state index in [1.54, 1.807) is 5.56 Å². The molecule has 1 heteroatoms. The lowest BCUT2D eigenvalue weighted by Crippen LogP contribution is -2.54. The zero-order valence-corrected chi connectivity index (χ0v) is 11.1. The lowest BCUT2D eigenvalue weighted by atomic mass is 9.65. The summed E-state index contributed by atoms with van der Waals surface area (Å²) >= 11 is 0. The van der Waals surface area contributed by atoms with Crippen LogP contribution in [0.25, 0.3) is 0 Å². The van der Waals surface area contributed by atoms with Crippen LogP contribution in [0.4, 0.5) is 0 Å². The first-order chi connectivity index (χ1) is 8.19. The minimum atomic E-state index is 0.689. The molecular weight excluding hydrogens is 206 g/mol. The first kappa shape index (κ1) is 11.3. The van der Waals surface area contributed by atoms with Crippen LogP contribution in [0.15, 0.2) is 18.2 Å². The van der Waals surface area contributed by atoms with Gasteiger partial charge in [-0.3, -0.25) is 0 Å². The predicted octanol–water partition coefficient (Wildman–Crippen LogP) is 3.55. The largest absolute Gasteiger partial charge is 0.316 e. The van der Waals surface area contributed by atoms with Gasteiger partial charge >= 0.3 is 0 Å². The molecule has 3 rings (SSSR count). The number of hydrogen-bond acceptors (Lipinski definition) is 1. The fraction of sp³-hybridized carbons (Fsp3) is 0.625. The Labute approximate surface area is 105 Å². The molecule has 1 saturated heterocycles. The van der Waals surface area contributed by atoms with E-state index in [1.165, 1.54) is 49.9 Å². The van der Waals surface area contributed by atoms with Crippen molar-refractivity contribution in [2.75, 3.05) is 13.1 Å². The number of benzene rings is 1. The highest BCUT2D eigenvalue weighted by molar-refractivity contribution is 5.33. The van der Waals surface area contributed by atoms with E-state index in [0.717, 1.165) is 5.92 Å². The van der Waals surface area contributed by atoms with Crippen molar-refractivity contribution in [2.45, 2.75) is 45.4 Å². The van der Waals surface area contributed by atoms with E-state index >= 15 is 0 Å². The second-order valence-corrected chi connectivity index (χ2v) is 6.24. The molecule has 17 heavy (non-hydrogen) atoms. The van der Waals surface area contributed by atoms with Gasteiger partial charge < -0.3 is 5.32 Å². The van der Waals surface area contributed by atoms with Gasteiger partial charge in [-0.25, -0.2) is 0 Å². The highest BCUT2D eigenvalue weighted by atomic mass is 15.0. The summed E-state index contributed by atoms with van der Waals surface area (Å²) in [5.74, 6) is 0.820. The standard InChI is InChI=1S/C16H23N/c1-12-3-4-13(2)15(9-12)14-5-7-16(8-6-14)10-17-11-16/h3-4,9,14,17H,5-8,10-11H2,1-2H3. The molecule has 92 valence electrons. The van der Waals surface area contributed by atoms with Gasteiger partial charge in [0.25, 0.3) is 0 Å². The molecule has 0 radical (unpaired) electrons. The third-order valence-electron chi connectivity index (χ3n) is 4.92. The van der Waals surface area contributed by atoms with Crippen molar-refractivity contribution in [1.29, 1.82) is 0 Å². The fourth-order valence-corrected chi connectivity index (χ4v) is 3.57. The monoisotopic (exact) mass is 229 g/mol. The molecule has 1 spiro atoms. The first-order valence-electron chi connectivity index (χ1n) is 6.96. The molecule has 2 aliphatic rings. The summed E-state index contributed by atoms with van der Waals surface area (Å²) in [6.45, 7) is 7.02. The van der Waals surface area contributed by atoms with Crippen molar-refractivity contribution >= 4 is 0 Å². The molecule has 1 heterocycles. The van der Waals surface area contributed by atoms with Crippen LogP contribution >= 0.6 is 0 Å². The second-order valence-electron chi connectivity index (χ2n) is 6.24. The van der Waals surface area contributed by atoms with Gasteiger partial charge in [0.15, 0.2) is 0 Å². The molecule has 1 aliphatic heterocycles. The molecular formula is C16H23N. The molecule has 1 N–H and O–H groups in total. The molecule has 1 aromatic carbocycles. The third kappa shape index (κ3) is 2.01. The van der Waals surface area contributed by atoms with Crippen LogP contribution in [0.1, 0.15) is 48.3 Å². The Balaban J connectivity index is 1.75. The highest BCUT2D eigenvalue weighted by Gasteiger charge is 2.40. The van der Waals surface area contributed by atoms with Crippen molar-refractivity contribution in [3.63, 3.8) is 0 Å². The van der Waals surface area contributed by atoms with Crippen LogP contribution in [0.5, 0.6) is 0 Å². The Morgan fingerprint density at radius 3 is 2.41 bits per heavy atom. The molecule has 0 unspecified atom stereocenters. The molecule has 0 amide bonds. The summed E-state index contributed by atoms with van der Waals surface area (Å²) in [5.41, 5.74) is 5.21. The number of nitrogens with one attached hydrogen (secondary N) is 1. The van der Waals surface area contributed by atoms with Gasteiger partial charge in [0, 0.05) is 13.1 Å². The van der Waals surface area contributed by atoms with E-state index < -0.39 is 0 Å². The lowest BCUT2D eigenvalue weighted by molar-refractivity contribution is 0.0974. The Morgan fingerprint density at radius 1 is 1.12 bits per heavy atom. The Hall–Kier alpha value is -0.820. The maximum absolute atomic E-state index is 3.45. The van der Waals surface area contributed by atoms with Gasteiger partial charge in [0.05, 0.1) is 0 Å². The van der Waals surface area contributed by atoms with Gasteiger partial charge in [-0.2, -0.15) is 0 Å². The highest BCUT2D eigenvalue weighted by Crippen LogP contribution is 2.45. The first-order valence-corrected chi connectivity index (χ1v) is 6.96. The molecule has 1 nitrogen and oxygen atoms in total. The van der Waals surface area contributed by atoms with E-state index in [0.29, 0.717) is 5.41 Å². The van der Waals surface area contributed by atoms with Gasteiger partial charge in [-0.05, 0) is 62.0 Å². The van der Waals surface area contributed by atoms with Crippen LogP contribution in [-0.2, 0) is 0 Å². The van der Waals surface area contributed by atoms with Gasteiger partial charge in [0.1, 0.15) is 0 Å². The molecule has 1 aliphatic carbocycles. The maximum Gasteiger partial charge on any atom is 0.00202 e. The summed E-state index contributed by atoms with van der Waals surface area (Å²) < 4.78 is 0. The van der Waals surface area contributed by atoms with E-state index in [9.17, 15) is 0 Å². The quantitative estimate of drug-likeness (QED) is 0.776. The van der Waals surface area contributed by atoms with Crippen molar-refractivity contribution in [3.8, 4) is 0 Å². The molecule has 1 aromatic rings. The normalized spacial score (nSPS) is 23.6. The van der Waals surface area contributed by atoms with Crippen LogP contribution in [-0.4, -0.2) is 13.1 Å². The Bertz CT molecular complexity index is 408. The molecule has 0 atom stereocenters. The van der Waals surface area contributed by atoms with E-state index in [1.807, 2.05) is 0 Å². The van der Waals surface area contributed by atoms with Crippen LogP contribution in [0.2, 0.25) is 0 Å². The molecule has 2 fully saturated rings. The van der Waals surface area contributed by atoms with Crippen molar-refractivity contribution in [3.05, 3.63) is 34.9 Å². The SMILES string of the molecule is Cc1ccc(C)c(C2CCC3(CC2)CNC3)c1. The fourth-order valence-electron chi connectivity index (χ4n) is 3.57. The maximum atomic E-state index is 3.45. The summed E-state index contributed by atoms with van der Waals surface area (Å²) in [4.78, 5) is 0. The molecule has 0 bridgehead atoms. The topological polar surface area (TPSA) is 12.0 Å². The second kappa shape index (κ2) is 4.13. The smallest absolute Gasteiger partial charge is 0.00202 e. The zero-order chi connectivity index (χ0) is 11.9. The van der Waals surface area contributed by atoms with Crippen LogP contribution in [0, 0.1) is 19.3 Å². The van der Waals surface area contributed by atoms with Crippen molar-refractivity contribution < 1.29 is 0 Å². The Kier molecular flexibility index (Phi) is 2.74. The van der Waals surface area contributed by atoms with E-state index in [-0.39, 0.29) is 0 Å². The lowest BCUT2D eigenvalue weighted by Gasteiger charge is -2.47. The Morgan fingerprint density at radius 2 is 1.82 bits per heavy atom.